The molecular weight excluding hydrogens is 242 g/mol. The van der Waals surface area contributed by atoms with Crippen molar-refractivity contribution in [1.29, 1.82) is 0 Å². The van der Waals surface area contributed by atoms with Gasteiger partial charge in [0.15, 0.2) is 0 Å². The molecule has 0 fully saturated rings. The summed E-state index contributed by atoms with van der Waals surface area (Å²) in [6.45, 7) is 5.41. The molecule has 1 aromatic rings. The molecule has 0 unspecified atom stereocenters. The Kier molecular flexibility index (Phi) is 6.45. The van der Waals surface area contributed by atoms with Crippen LogP contribution in [-0.2, 0) is 11.3 Å². The number of nitrogens with zero attached hydrogens (tertiary/aromatic N) is 3. The Bertz CT molecular complexity index is 382. The second kappa shape index (κ2) is 7.86. The zero-order valence-electron chi connectivity index (χ0n) is 11.9. The fourth-order valence-corrected chi connectivity index (χ4v) is 1.70. The van der Waals surface area contributed by atoms with Crippen LogP contribution < -0.4 is 0 Å². The molecule has 5 nitrogen and oxygen atoms in total. The Morgan fingerprint density at radius 3 is 2.74 bits per heavy atom. The monoisotopic (exact) mass is 265 g/mol. The maximum absolute atomic E-state index is 12.0. The highest BCUT2D eigenvalue weighted by atomic mass is 16.3. The van der Waals surface area contributed by atoms with E-state index >= 15 is 0 Å². The molecule has 0 atom stereocenters. The summed E-state index contributed by atoms with van der Waals surface area (Å²) in [5, 5.41) is 9.09. The number of carbonyl (C=O) groups excluding carboxylic acids is 1. The highest BCUT2D eigenvalue weighted by Gasteiger charge is 2.16. The van der Waals surface area contributed by atoms with E-state index in [0.29, 0.717) is 19.6 Å². The van der Waals surface area contributed by atoms with Crippen LogP contribution in [-0.4, -0.2) is 58.6 Å². The van der Waals surface area contributed by atoms with Gasteiger partial charge < -0.3 is 10.0 Å². The number of amides is 1. The largest absolute Gasteiger partial charge is 0.395 e. The van der Waals surface area contributed by atoms with Crippen molar-refractivity contribution in [2.24, 2.45) is 0 Å². The lowest BCUT2D eigenvalue weighted by Crippen LogP contribution is -2.42. The second-order valence-electron chi connectivity index (χ2n) is 4.89. The van der Waals surface area contributed by atoms with Crippen LogP contribution in [0.1, 0.15) is 19.4 Å². The van der Waals surface area contributed by atoms with E-state index < -0.39 is 0 Å². The van der Waals surface area contributed by atoms with Crippen molar-refractivity contribution >= 4 is 5.91 Å². The molecule has 0 aliphatic carbocycles. The minimum Gasteiger partial charge on any atom is -0.395 e. The Balaban J connectivity index is 2.60. The van der Waals surface area contributed by atoms with Gasteiger partial charge in [-0.1, -0.05) is 6.07 Å². The van der Waals surface area contributed by atoms with Crippen LogP contribution >= 0.6 is 0 Å². The third-order valence-corrected chi connectivity index (χ3v) is 3.07. The summed E-state index contributed by atoms with van der Waals surface area (Å²) in [5.41, 5.74) is 1.04. The van der Waals surface area contributed by atoms with Gasteiger partial charge in [-0.2, -0.15) is 0 Å². The molecule has 0 saturated carbocycles. The Morgan fingerprint density at radius 2 is 2.21 bits per heavy atom. The molecule has 1 heterocycles. The zero-order valence-corrected chi connectivity index (χ0v) is 11.9. The summed E-state index contributed by atoms with van der Waals surface area (Å²) in [7, 11) is 1.80. The lowest BCUT2D eigenvalue weighted by Gasteiger charge is -2.26. The maximum Gasteiger partial charge on any atom is 0.236 e. The Hall–Kier alpha value is -1.46. The van der Waals surface area contributed by atoms with Crippen LogP contribution in [0.2, 0.25) is 0 Å². The number of pyridine rings is 1. The van der Waals surface area contributed by atoms with Crippen molar-refractivity contribution in [3.05, 3.63) is 30.1 Å². The van der Waals surface area contributed by atoms with Gasteiger partial charge in [0.2, 0.25) is 5.91 Å². The molecule has 1 rings (SSSR count). The Morgan fingerprint density at radius 1 is 1.47 bits per heavy atom. The van der Waals surface area contributed by atoms with E-state index in [1.165, 1.54) is 0 Å². The number of rotatable bonds is 7. The van der Waals surface area contributed by atoms with Crippen LogP contribution in [0.5, 0.6) is 0 Å². The summed E-state index contributed by atoms with van der Waals surface area (Å²) < 4.78 is 0. The number of aliphatic hydroxyl groups is 1. The van der Waals surface area contributed by atoms with Gasteiger partial charge in [-0.05, 0) is 25.5 Å². The van der Waals surface area contributed by atoms with Crippen molar-refractivity contribution in [1.82, 2.24) is 14.8 Å². The molecule has 0 bridgehead atoms. The van der Waals surface area contributed by atoms with Gasteiger partial charge in [-0.3, -0.25) is 14.7 Å². The van der Waals surface area contributed by atoms with Crippen LogP contribution in [0, 0.1) is 0 Å². The van der Waals surface area contributed by atoms with E-state index in [2.05, 4.69) is 4.98 Å². The number of aliphatic hydroxyl groups excluding tert-OH is 1. The smallest absolute Gasteiger partial charge is 0.236 e. The van der Waals surface area contributed by atoms with Crippen molar-refractivity contribution in [3.8, 4) is 0 Å². The molecule has 0 aliphatic rings. The molecule has 0 spiro atoms. The molecule has 106 valence electrons. The third-order valence-electron chi connectivity index (χ3n) is 3.07. The molecule has 1 amide bonds. The first kappa shape index (κ1) is 15.6. The molecule has 5 heteroatoms. The Labute approximate surface area is 114 Å². The predicted molar refractivity (Wildman–Crippen MR) is 74.5 cm³/mol. The molecule has 1 N–H and O–H groups in total. The van der Waals surface area contributed by atoms with E-state index in [9.17, 15) is 4.79 Å². The molecule has 0 radical (unpaired) electrons. The fraction of sp³-hybridized carbons (Fsp3) is 0.571. The van der Waals surface area contributed by atoms with Gasteiger partial charge in [-0.25, -0.2) is 0 Å². The topological polar surface area (TPSA) is 56.7 Å². The van der Waals surface area contributed by atoms with Gasteiger partial charge in [-0.15, -0.1) is 0 Å². The average molecular weight is 265 g/mol. The standard InChI is InChI=1S/C14H23N3O2/c1-12(2)16(3)14(19)11-17(7-8-18)10-13-5-4-6-15-9-13/h4-6,9,12,18H,7-8,10-11H2,1-3H3. The first-order valence-corrected chi connectivity index (χ1v) is 6.52. The minimum atomic E-state index is 0.0406. The molecule has 0 saturated heterocycles. The summed E-state index contributed by atoms with van der Waals surface area (Å²) in [4.78, 5) is 19.7. The minimum absolute atomic E-state index is 0.0406. The number of carbonyl (C=O) groups is 1. The highest BCUT2D eigenvalue weighted by Crippen LogP contribution is 2.04. The molecular formula is C14H23N3O2. The lowest BCUT2D eigenvalue weighted by molar-refractivity contribution is -0.132. The molecule has 0 aliphatic heterocycles. The first-order valence-electron chi connectivity index (χ1n) is 6.52. The van der Waals surface area contributed by atoms with Gasteiger partial charge >= 0.3 is 0 Å². The van der Waals surface area contributed by atoms with Gasteiger partial charge in [0, 0.05) is 38.6 Å². The molecule has 0 aromatic carbocycles. The quantitative estimate of drug-likeness (QED) is 0.790. The average Bonchev–Trinajstić information content (AvgIpc) is 2.39. The SMILES string of the molecule is CC(C)N(C)C(=O)CN(CCO)Cc1cccnc1. The number of hydrogen-bond acceptors (Lipinski definition) is 4. The molecule has 1 aromatic heterocycles. The van der Waals surface area contributed by atoms with E-state index in [1.807, 2.05) is 30.9 Å². The van der Waals surface area contributed by atoms with Crippen LogP contribution in [0.4, 0.5) is 0 Å². The highest BCUT2D eigenvalue weighted by molar-refractivity contribution is 5.78. The second-order valence-corrected chi connectivity index (χ2v) is 4.89. The summed E-state index contributed by atoms with van der Waals surface area (Å²) in [5.74, 6) is 0.0624. The maximum atomic E-state index is 12.0. The van der Waals surface area contributed by atoms with Crippen LogP contribution in [0.3, 0.4) is 0 Å². The van der Waals surface area contributed by atoms with Gasteiger partial charge in [0.25, 0.3) is 0 Å². The predicted octanol–water partition coefficient (Wildman–Crippen LogP) is 0.743. The number of hydrogen-bond donors (Lipinski definition) is 1. The summed E-state index contributed by atoms with van der Waals surface area (Å²) >= 11 is 0. The third kappa shape index (κ3) is 5.36. The van der Waals surface area contributed by atoms with Crippen molar-refractivity contribution in [3.63, 3.8) is 0 Å². The fourth-order valence-electron chi connectivity index (χ4n) is 1.70. The summed E-state index contributed by atoms with van der Waals surface area (Å²) in [6, 6.07) is 4.02. The zero-order chi connectivity index (χ0) is 14.3. The van der Waals surface area contributed by atoms with Gasteiger partial charge in [0.05, 0.1) is 13.2 Å². The van der Waals surface area contributed by atoms with E-state index in [4.69, 9.17) is 5.11 Å². The van der Waals surface area contributed by atoms with Crippen molar-refractivity contribution in [2.75, 3.05) is 26.7 Å². The lowest BCUT2D eigenvalue weighted by atomic mass is 10.2. The number of aromatic nitrogens is 1. The first-order chi connectivity index (χ1) is 9.04. The van der Waals surface area contributed by atoms with Crippen molar-refractivity contribution in [2.45, 2.75) is 26.4 Å². The normalized spacial score (nSPS) is 11.1. The van der Waals surface area contributed by atoms with Crippen molar-refractivity contribution < 1.29 is 9.90 Å². The van der Waals surface area contributed by atoms with E-state index in [1.54, 1.807) is 24.3 Å². The van der Waals surface area contributed by atoms with Gasteiger partial charge in [0.1, 0.15) is 0 Å². The van der Waals surface area contributed by atoms with Crippen LogP contribution in [0.15, 0.2) is 24.5 Å². The number of likely N-dealkylation sites (N-methyl/N-ethyl adjacent to an activating group) is 1. The van der Waals surface area contributed by atoms with Crippen LogP contribution in [0.25, 0.3) is 0 Å². The van der Waals surface area contributed by atoms with E-state index in [-0.39, 0.29) is 18.6 Å². The van der Waals surface area contributed by atoms with E-state index in [0.717, 1.165) is 5.56 Å². The molecule has 19 heavy (non-hydrogen) atoms. The summed E-state index contributed by atoms with van der Waals surface area (Å²) in [6.07, 6.45) is 3.50.